The van der Waals surface area contributed by atoms with Crippen LogP contribution in [-0.4, -0.2) is 35.1 Å². The predicted molar refractivity (Wildman–Crippen MR) is 63.2 cm³/mol. The summed E-state index contributed by atoms with van der Waals surface area (Å²) >= 11 is 0. The van der Waals surface area contributed by atoms with Crippen LogP contribution in [0.3, 0.4) is 0 Å². The Kier molecular flexibility index (Phi) is 2.99. The van der Waals surface area contributed by atoms with Gasteiger partial charge in [-0.05, 0) is 37.1 Å². The average molecular weight is 234 g/mol. The van der Waals surface area contributed by atoms with E-state index in [1.165, 1.54) is 12.1 Å². The van der Waals surface area contributed by atoms with Crippen molar-refractivity contribution in [2.45, 2.75) is 18.9 Å². The van der Waals surface area contributed by atoms with Gasteiger partial charge in [0, 0.05) is 18.8 Å². The van der Waals surface area contributed by atoms with Crippen LogP contribution >= 0.6 is 0 Å². The second-order valence-electron chi connectivity index (χ2n) is 4.15. The summed E-state index contributed by atoms with van der Waals surface area (Å²) in [5.74, 6) is -0.974. The maximum atomic E-state index is 11.7. The standard InChI is InChI=1S/C12H14N2O3/c1-14(10-6-7-10)12(17)13-9-4-2-8(3-5-9)11(15)16/h2-5,10H,6-7H2,1H3,(H,13,17)(H,15,16). The van der Waals surface area contributed by atoms with Crippen molar-refractivity contribution in [2.75, 3.05) is 12.4 Å². The predicted octanol–water partition coefficient (Wildman–Crippen LogP) is 2.01. The van der Waals surface area contributed by atoms with Crippen molar-refractivity contribution in [1.82, 2.24) is 4.90 Å². The summed E-state index contributed by atoms with van der Waals surface area (Å²) in [5, 5.41) is 11.5. The van der Waals surface area contributed by atoms with E-state index in [0.29, 0.717) is 11.7 Å². The first-order valence-electron chi connectivity index (χ1n) is 5.45. The van der Waals surface area contributed by atoms with Crippen LogP contribution in [0.4, 0.5) is 10.5 Å². The summed E-state index contributed by atoms with van der Waals surface area (Å²) < 4.78 is 0. The zero-order valence-electron chi connectivity index (χ0n) is 9.51. The molecule has 90 valence electrons. The molecule has 0 heterocycles. The van der Waals surface area contributed by atoms with Crippen LogP contribution in [0.5, 0.6) is 0 Å². The highest BCUT2D eigenvalue weighted by atomic mass is 16.4. The second kappa shape index (κ2) is 4.45. The van der Waals surface area contributed by atoms with E-state index in [2.05, 4.69) is 5.32 Å². The number of rotatable bonds is 3. The molecule has 5 nitrogen and oxygen atoms in total. The van der Waals surface area contributed by atoms with E-state index in [1.807, 2.05) is 0 Å². The lowest BCUT2D eigenvalue weighted by Crippen LogP contribution is -2.32. The number of hydrogen-bond donors (Lipinski definition) is 2. The van der Waals surface area contributed by atoms with Crippen LogP contribution in [0.25, 0.3) is 0 Å². The molecule has 2 amide bonds. The number of benzene rings is 1. The molecule has 0 spiro atoms. The van der Waals surface area contributed by atoms with Crippen molar-refractivity contribution >= 4 is 17.7 Å². The summed E-state index contributed by atoms with van der Waals surface area (Å²) in [6.45, 7) is 0. The molecule has 1 fully saturated rings. The molecule has 0 unspecified atom stereocenters. The van der Waals surface area contributed by atoms with E-state index in [-0.39, 0.29) is 11.6 Å². The number of carboxylic acids is 1. The first-order valence-corrected chi connectivity index (χ1v) is 5.45. The average Bonchev–Trinajstić information content (AvgIpc) is 3.12. The van der Waals surface area contributed by atoms with E-state index in [1.54, 1.807) is 24.1 Å². The minimum atomic E-state index is -0.974. The van der Waals surface area contributed by atoms with Gasteiger partial charge in [0.2, 0.25) is 0 Å². The third-order valence-corrected chi connectivity index (χ3v) is 2.80. The summed E-state index contributed by atoms with van der Waals surface area (Å²) in [7, 11) is 1.76. The molecule has 1 saturated carbocycles. The zero-order valence-corrected chi connectivity index (χ0v) is 9.51. The molecule has 1 aromatic carbocycles. The van der Waals surface area contributed by atoms with Crippen molar-refractivity contribution in [3.05, 3.63) is 29.8 Å². The molecule has 2 rings (SSSR count). The van der Waals surface area contributed by atoms with Gasteiger partial charge in [-0.15, -0.1) is 0 Å². The van der Waals surface area contributed by atoms with Gasteiger partial charge < -0.3 is 15.3 Å². The van der Waals surface area contributed by atoms with Gasteiger partial charge in [-0.25, -0.2) is 9.59 Å². The molecule has 1 aliphatic carbocycles. The number of aromatic carboxylic acids is 1. The molecule has 0 saturated heterocycles. The van der Waals surface area contributed by atoms with Gasteiger partial charge in [-0.2, -0.15) is 0 Å². The summed E-state index contributed by atoms with van der Waals surface area (Å²) in [4.78, 5) is 24.0. The van der Waals surface area contributed by atoms with Crippen LogP contribution in [0.1, 0.15) is 23.2 Å². The number of urea groups is 1. The molecule has 0 aliphatic heterocycles. The molecule has 0 aromatic heterocycles. The lowest BCUT2D eigenvalue weighted by molar-refractivity contribution is 0.0697. The molecule has 0 radical (unpaired) electrons. The maximum absolute atomic E-state index is 11.7. The Balaban J connectivity index is 1.98. The fraction of sp³-hybridized carbons (Fsp3) is 0.333. The van der Waals surface area contributed by atoms with E-state index in [0.717, 1.165) is 12.8 Å². The molecule has 0 atom stereocenters. The molecule has 1 aromatic rings. The van der Waals surface area contributed by atoms with E-state index in [4.69, 9.17) is 5.11 Å². The van der Waals surface area contributed by atoms with Crippen LogP contribution in [0.15, 0.2) is 24.3 Å². The lowest BCUT2D eigenvalue weighted by atomic mass is 10.2. The van der Waals surface area contributed by atoms with Crippen LogP contribution in [0.2, 0.25) is 0 Å². The van der Waals surface area contributed by atoms with Gasteiger partial charge in [0.15, 0.2) is 0 Å². The molecule has 2 N–H and O–H groups in total. The van der Waals surface area contributed by atoms with Crippen molar-refractivity contribution in [2.24, 2.45) is 0 Å². The zero-order chi connectivity index (χ0) is 12.4. The Morgan fingerprint density at radius 3 is 2.35 bits per heavy atom. The van der Waals surface area contributed by atoms with Crippen molar-refractivity contribution in [1.29, 1.82) is 0 Å². The van der Waals surface area contributed by atoms with E-state index >= 15 is 0 Å². The van der Waals surface area contributed by atoms with Crippen LogP contribution < -0.4 is 5.32 Å². The highest BCUT2D eigenvalue weighted by Gasteiger charge is 2.29. The second-order valence-corrected chi connectivity index (χ2v) is 4.15. The maximum Gasteiger partial charge on any atom is 0.335 e. The highest BCUT2D eigenvalue weighted by molar-refractivity contribution is 5.91. The van der Waals surface area contributed by atoms with E-state index < -0.39 is 5.97 Å². The number of nitrogens with one attached hydrogen (secondary N) is 1. The Labute approximate surface area is 99.0 Å². The summed E-state index contributed by atoms with van der Waals surface area (Å²) in [5.41, 5.74) is 0.811. The monoisotopic (exact) mass is 234 g/mol. The minimum absolute atomic E-state index is 0.157. The molecule has 1 aliphatic rings. The fourth-order valence-electron chi connectivity index (χ4n) is 1.54. The van der Waals surface area contributed by atoms with E-state index in [9.17, 15) is 9.59 Å². The number of hydrogen-bond acceptors (Lipinski definition) is 2. The van der Waals surface area contributed by atoms with Gasteiger partial charge in [0.05, 0.1) is 5.56 Å². The summed E-state index contributed by atoms with van der Waals surface area (Å²) in [6, 6.07) is 6.30. The number of carbonyl (C=O) groups excluding carboxylic acids is 1. The first-order chi connectivity index (χ1) is 8.08. The summed E-state index contributed by atoms with van der Waals surface area (Å²) in [6.07, 6.45) is 2.11. The SMILES string of the molecule is CN(C(=O)Nc1ccc(C(=O)O)cc1)C1CC1. The topological polar surface area (TPSA) is 69.6 Å². The lowest BCUT2D eigenvalue weighted by Gasteiger charge is -2.17. The van der Waals surface area contributed by atoms with Gasteiger partial charge in [0.25, 0.3) is 0 Å². The Morgan fingerprint density at radius 2 is 1.88 bits per heavy atom. The molecule has 0 bridgehead atoms. The number of amides is 2. The number of carbonyl (C=O) groups is 2. The Morgan fingerprint density at radius 1 is 1.29 bits per heavy atom. The highest BCUT2D eigenvalue weighted by Crippen LogP contribution is 2.25. The van der Waals surface area contributed by atoms with Gasteiger partial charge >= 0.3 is 12.0 Å². The smallest absolute Gasteiger partial charge is 0.335 e. The number of nitrogens with zero attached hydrogens (tertiary/aromatic N) is 1. The van der Waals surface area contributed by atoms with Crippen molar-refractivity contribution in [3.63, 3.8) is 0 Å². The van der Waals surface area contributed by atoms with Gasteiger partial charge in [-0.3, -0.25) is 0 Å². The Bertz CT molecular complexity index is 438. The van der Waals surface area contributed by atoms with Crippen LogP contribution in [-0.2, 0) is 0 Å². The van der Waals surface area contributed by atoms with Crippen molar-refractivity contribution < 1.29 is 14.7 Å². The molecule has 17 heavy (non-hydrogen) atoms. The van der Waals surface area contributed by atoms with Crippen LogP contribution in [0, 0.1) is 0 Å². The third kappa shape index (κ3) is 2.75. The molecular weight excluding hydrogens is 220 g/mol. The minimum Gasteiger partial charge on any atom is -0.478 e. The first kappa shape index (κ1) is 11.4. The third-order valence-electron chi connectivity index (χ3n) is 2.80. The number of carboxylic acid groups (broad SMARTS) is 1. The largest absolute Gasteiger partial charge is 0.478 e. The van der Waals surface area contributed by atoms with Gasteiger partial charge in [0.1, 0.15) is 0 Å². The van der Waals surface area contributed by atoms with Crippen molar-refractivity contribution in [3.8, 4) is 0 Å². The number of anilines is 1. The Hall–Kier alpha value is -2.04. The molecular formula is C12H14N2O3. The molecule has 5 heteroatoms. The fourth-order valence-corrected chi connectivity index (χ4v) is 1.54. The normalized spacial score (nSPS) is 14.2. The quantitative estimate of drug-likeness (QED) is 0.840. The van der Waals surface area contributed by atoms with Gasteiger partial charge in [-0.1, -0.05) is 0 Å².